The van der Waals surface area contributed by atoms with Crippen LogP contribution in [0.2, 0.25) is 5.02 Å². The van der Waals surface area contributed by atoms with Crippen molar-refractivity contribution in [3.8, 4) is 6.07 Å². The molecule has 0 amide bonds. The number of hydrogen-bond acceptors (Lipinski definition) is 4. The van der Waals surface area contributed by atoms with E-state index in [1.165, 1.54) is 0 Å². The van der Waals surface area contributed by atoms with Gasteiger partial charge in [-0.3, -0.25) is 0 Å². The van der Waals surface area contributed by atoms with Gasteiger partial charge < -0.3 is 9.64 Å². The van der Waals surface area contributed by atoms with Gasteiger partial charge in [0.05, 0.1) is 12.2 Å². The molecule has 2 aromatic rings. The predicted octanol–water partition coefficient (Wildman–Crippen LogP) is 3.18. The number of anilines is 1. The number of ether oxygens (including phenoxy) is 1. The highest BCUT2D eigenvalue weighted by Gasteiger charge is 2.24. The van der Waals surface area contributed by atoms with Crippen LogP contribution in [0.25, 0.3) is 0 Å². The van der Waals surface area contributed by atoms with Crippen molar-refractivity contribution in [3.05, 3.63) is 58.7 Å². The number of pyridine rings is 1. The number of morpholine rings is 1. The average Bonchev–Trinajstić information content (AvgIpc) is 2.55. The first kappa shape index (κ1) is 13.9. The van der Waals surface area contributed by atoms with Crippen molar-refractivity contribution >= 4 is 17.4 Å². The monoisotopic (exact) mass is 299 g/mol. The Hall–Kier alpha value is -2.09. The second kappa shape index (κ2) is 6.13. The molecule has 0 spiro atoms. The maximum Gasteiger partial charge on any atom is 0.128 e. The maximum absolute atomic E-state index is 8.82. The molecule has 1 unspecified atom stereocenters. The first-order chi connectivity index (χ1) is 10.3. The summed E-state index contributed by atoms with van der Waals surface area (Å²) in [5, 5.41) is 9.54. The van der Waals surface area contributed by atoms with Gasteiger partial charge in [-0.1, -0.05) is 29.8 Å². The lowest BCUT2D eigenvalue weighted by Crippen LogP contribution is -2.38. The summed E-state index contributed by atoms with van der Waals surface area (Å²) in [6.07, 6.45) is 1.53. The minimum atomic E-state index is -0.0649. The first-order valence-electron chi connectivity index (χ1n) is 6.75. The number of rotatable bonds is 2. The predicted molar refractivity (Wildman–Crippen MR) is 81.3 cm³/mol. The highest BCUT2D eigenvalue weighted by atomic mass is 35.5. The Balaban J connectivity index is 1.79. The van der Waals surface area contributed by atoms with E-state index in [1.54, 1.807) is 12.3 Å². The van der Waals surface area contributed by atoms with Crippen LogP contribution in [0.4, 0.5) is 5.82 Å². The number of aromatic nitrogens is 1. The molecule has 0 saturated carbocycles. The lowest BCUT2D eigenvalue weighted by molar-refractivity contribution is 0.0396. The first-order valence-corrected chi connectivity index (χ1v) is 7.13. The van der Waals surface area contributed by atoms with Gasteiger partial charge >= 0.3 is 0 Å². The van der Waals surface area contributed by atoms with E-state index in [9.17, 15) is 0 Å². The second-order valence-electron chi connectivity index (χ2n) is 4.84. The van der Waals surface area contributed by atoms with Crippen LogP contribution in [-0.2, 0) is 4.74 Å². The van der Waals surface area contributed by atoms with E-state index in [-0.39, 0.29) is 6.10 Å². The summed E-state index contributed by atoms with van der Waals surface area (Å²) in [6, 6.07) is 13.5. The second-order valence-corrected chi connectivity index (χ2v) is 5.25. The molecule has 1 atom stereocenters. The van der Waals surface area contributed by atoms with Crippen LogP contribution < -0.4 is 4.90 Å². The van der Waals surface area contributed by atoms with E-state index < -0.39 is 0 Å². The van der Waals surface area contributed by atoms with E-state index in [0.717, 1.165) is 22.9 Å². The van der Waals surface area contributed by atoms with Crippen molar-refractivity contribution < 1.29 is 4.74 Å². The molecule has 0 radical (unpaired) electrons. The van der Waals surface area contributed by atoms with Crippen LogP contribution in [0.3, 0.4) is 0 Å². The van der Waals surface area contributed by atoms with Crippen LogP contribution >= 0.6 is 11.6 Å². The summed E-state index contributed by atoms with van der Waals surface area (Å²) >= 11 is 6.24. The lowest BCUT2D eigenvalue weighted by atomic mass is 10.1. The Bertz CT molecular complexity index is 666. The Morgan fingerprint density at radius 3 is 2.86 bits per heavy atom. The lowest BCUT2D eigenvalue weighted by Gasteiger charge is -2.34. The summed E-state index contributed by atoms with van der Waals surface area (Å²) in [7, 11) is 0. The normalized spacial score (nSPS) is 18.3. The van der Waals surface area contributed by atoms with Crippen molar-refractivity contribution in [2.24, 2.45) is 0 Å². The number of hydrogen-bond donors (Lipinski definition) is 0. The molecule has 2 heterocycles. The molecular formula is C16H14ClN3O. The smallest absolute Gasteiger partial charge is 0.128 e. The SMILES string of the molecule is N#Cc1ccc(N2CCOC(c3ccccc3Cl)C2)nc1. The molecule has 0 bridgehead atoms. The van der Waals surface area contributed by atoms with Gasteiger partial charge in [-0.15, -0.1) is 0 Å². The fraction of sp³-hybridized carbons (Fsp3) is 0.250. The molecule has 3 rings (SSSR count). The summed E-state index contributed by atoms with van der Waals surface area (Å²) in [4.78, 5) is 6.49. The molecule has 0 aliphatic carbocycles. The van der Waals surface area contributed by atoms with Crippen molar-refractivity contribution in [2.75, 3.05) is 24.6 Å². The molecule has 21 heavy (non-hydrogen) atoms. The molecule has 1 aromatic heterocycles. The molecule has 1 saturated heterocycles. The summed E-state index contributed by atoms with van der Waals surface area (Å²) in [5.41, 5.74) is 1.56. The third-order valence-corrected chi connectivity index (χ3v) is 3.86. The number of halogens is 1. The van der Waals surface area contributed by atoms with Gasteiger partial charge in [-0.25, -0.2) is 4.98 Å². The van der Waals surface area contributed by atoms with Crippen LogP contribution in [0, 0.1) is 11.3 Å². The van der Waals surface area contributed by atoms with Crippen LogP contribution in [0.1, 0.15) is 17.2 Å². The topological polar surface area (TPSA) is 49.2 Å². The number of nitriles is 1. The van der Waals surface area contributed by atoms with Gasteiger partial charge in [0.15, 0.2) is 0 Å². The van der Waals surface area contributed by atoms with Gasteiger partial charge in [-0.05, 0) is 18.2 Å². The molecule has 5 heteroatoms. The quantitative estimate of drug-likeness (QED) is 0.854. The summed E-state index contributed by atoms with van der Waals surface area (Å²) in [6.45, 7) is 2.10. The van der Waals surface area contributed by atoms with E-state index >= 15 is 0 Å². The zero-order valence-corrected chi connectivity index (χ0v) is 12.1. The average molecular weight is 300 g/mol. The van der Waals surface area contributed by atoms with Gasteiger partial charge in [0.25, 0.3) is 0 Å². The van der Waals surface area contributed by atoms with E-state index in [2.05, 4.69) is 16.0 Å². The van der Waals surface area contributed by atoms with Gasteiger partial charge in [0.1, 0.15) is 18.0 Å². The molecule has 0 N–H and O–H groups in total. The zero-order chi connectivity index (χ0) is 14.7. The fourth-order valence-corrected chi connectivity index (χ4v) is 2.68. The molecule has 1 aromatic carbocycles. The Labute approximate surface area is 128 Å². The third kappa shape index (κ3) is 2.99. The van der Waals surface area contributed by atoms with Crippen LogP contribution in [-0.4, -0.2) is 24.7 Å². The zero-order valence-electron chi connectivity index (χ0n) is 11.4. The molecule has 1 fully saturated rings. The third-order valence-electron chi connectivity index (χ3n) is 3.52. The number of benzene rings is 1. The highest BCUT2D eigenvalue weighted by molar-refractivity contribution is 6.31. The number of nitrogens with zero attached hydrogens (tertiary/aromatic N) is 3. The van der Waals surface area contributed by atoms with Crippen molar-refractivity contribution in [2.45, 2.75) is 6.10 Å². The fourth-order valence-electron chi connectivity index (χ4n) is 2.42. The maximum atomic E-state index is 8.82. The van der Waals surface area contributed by atoms with Crippen molar-refractivity contribution in [1.82, 2.24) is 4.98 Å². The summed E-state index contributed by atoms with van der Waals surface area (Å²) in [5.74, 6) is 0.856. The highest BCUT2D eigenvalue weighted by Crippen LogP contribution is 2.29. The molecule has 4 nitrogen and oxygen atoms in total. The molecular weight excluding hydrogens is 286 g/mol. The van der Waals surface area contributed by atoms with E-state index in [1.807, 2.05) is 30.3 Å². The Kier molecular flexibility index (Phi) is 4.05. The van der Waals surface area contributed by atoms with Gasteiger partial charge in [0, 0.05) is 29.9 Å². The molecule has 106 valence electrons. The van der Waals surface area contributed by atoms with E-state index in [4.69, 9.17) is 21.6 Å². The standard InChI is InChI=1S/C16H14ClN3O/c17-14-4-2-1-3-13(14)15-11-20(7-8-21-15)16-6-5-12(9-18)10-19-16/h1-6,10,15H,7-8,11H2. The van der Waals surface area contributed by atoms with Gasteiger partial charge in [-0.2, -0.15) is 5.26 Å². The van der Waals surface area contributed by atoms with Crippen LogP contribution in [0.5, 0.6) is 0 Å². The Morgan fingerprint density at radius 1 is 1.29 bits per heavy atom. The Morgan fingerprint density at radius 2 is 2.14 bits per heavy atom. The van der Waals surface area contributed by atoms with Crippen molar-refractivity contribution in [1.29, 1.82) is 5.26 Å². The van der Waals surface area contributed by atoms with E-state index in [0.29, 0.717) is 18.7 Å². The summed E-state index contributed by atoms with van der Waals surface area (Å²) < 4.78 is 5.84. The minimum Gasteiger partial charge on any atom is -0.370 e. The van der Waals surface area contributed by atoms with Gasteiger partial charge in [0.2, 0.25) is 0 Å². The minimum absolute atomic E-state index is 0.0649. The largest absolute Gasteiger partial charge is 0.370 e. The molecule has 1 aliphatic rings. The van der Waals surface area contributed by atoms with Crippen LogP contribution in [0.15, 0.2) is 42.6 Å². The molecule has 1 aliphatic heterocycles. The van der Waals surface area contributed by atoms with Crippen molar-refractivity contribution in [3.63, 3.8) is 0 Å².